The zero-order chi connectivity index (χ0) is 14.4. The molecule has 3 nitrogen and oxygen atoms in total. The van der Waals surface area contributed by atoms with E-state index in [2.05, 4.69) is 31.3 Å². The average Bonchev–Trinajstić information content (AvgIpc) is 2.47. The first-order valence-corrected chi connectivity index (χ1v) is 7.72. The molecule has 1 aliphatic carbocycles. The number of anilines is 1. The molecule has 2 unspecified atom stereocenters. The van der Waals surface area contributed by atoms with Gasteiger partial charge in [0.15, 0.2) is 0 Å². The molecule has 0 heterocycles. The van der Waals surface area contributed by atoms with Crippen LogP contribution in [0.3, 0.4) is 0 Å². The maximum Gasteiger partial charge on any atom is 0.142 e. The van der Waals surface area contributed by atoms with Gasteiger partial charge in [0.05, 0.1) is 24.4 Å². The summed E-state index contributed by atoms with van der Waals surface area (Å²) in [6, 6.07) is 8.59. The van der Waals surface area contributed by atoms with Crippen LogP contribution in [0.4, 0.5) is 5.69 Å². The van der Waals surface area contributed by atoms with E-state index in [1.807, 2.05) is 19.2 Å². The molecule has 1 fully saturated rings. The molecule has 0 saturated heterocycles. The Morgan fingerprint density at radius 1 is 1.20 bits per heavy atom. The van der Waals surface area contributed by atoms with Crippen molar-refractivity contribution in [2.24, 2.45) is 5.92 Å². The Balaban J connectivity index is 2.03. The van der Waals surface area contributed by atoms with Gasteiger partial charge in [0, 0.05) is 7.11 Å². The Kier molecular flexibility index (Phi) is 5.72. The van der Waals surface area contributed by atoms with Gasteiger partial charge in [0.25, 0.3) is 0 Å². The van der Waals surface area contributed by atoms with E-state index in [9.17, 15) is 0 Å². The molecule has 1 saturated carbocycles. The number of ether oxygens (including phenoxy) is 2. The molecule has 0 amide bonds. The summed E-state index contributed by atoms with van der Waals surface area (Å²) < 4.78 is 11.5. The molecule has 1 aromatic rings. The lowest BCUT2D eigenvalue weighted by atomic mass is 9.92. The highest BCUT2D eigenvalue weighted by atomic mass is 16.5. The molecule has 0 radical (unpaired) electrons. The molecular weight excluding hydrogens is 250 g/mol. The van der Waals surface area contributed by atoms with Crippen LogP contribution in [-0.2, 0) is 4.74 Å². The number of hydrogen-bond donors (Lipinski definition) is 1. The summed E-state index contributed by atoms with van der Waals surface area (Å²) in [5.41, 5.74) is 1.09. The molecule has 1 N–H and O–H groups in total. The van der Waals surface area contributed by atoms with E-state index < -0.39 is 0 Å². The number of rotatable bonds is 6. The summed E-state index contributed by atoms with van der Waals surface area (Å²) in [7, 11) is 1.81. The Labute approximate surface area is 122 Å². The van der Waals surface area contributed by atoms with Crippen LogP contribution >= 0.6 is 0 Å². The van der Waals surface area contributed by atoms with Crippen LogP contribution in [0.2, 0.25) is 0 Å². The molecule has 2 atom stereocenters. The summed E-state index contributed by atoms with van der Waals surface area (Å²) in [6.07, 6.45) is 5.15. The van der Waals surface area contributed by atoms with E-state index in [-0.39, 0.29) is 0 Å². The monoisotopic (exact) mass is 277 g/mol. The van der Waals surface area contributed by atoms with Gasteiger partial charge in [-0.05, 0) is 30.9 Å². The van der Waals surface area contributed by atoms with Crippen LogP contribution in [0.5, 0.6) is 5.75 Å². The standard InChI is InChI=1S/C17H27NO2/c1-13(2)12-20-17-11-7-5-9-15(17)18-14-8-4-6-10-16(14)19-3/h5,7,9,11,13-14,16,18H,4,6,8,10,12H2,1-3H3. The first kappa shape index (κ1) is 15.2. The van der Waals surface area contributed by atoms with Gasteiger partial charge in [-0.25, -0.2) is 0 Å². The molecule has 1 aromatic carbocycles. The summed E-state index contributed by atoms with van der Waals surface area (Å²) >= 11 is 0. The lowest BCUT2D eigenvalue weighted by Gasteiger charge is -2.32. The van der Waals surface area contributed by atoms with Gasteiger partial charge in [0.1, 0.15) is 5.75 Å². The molecule has 0 aliphatic heterocycles. The third kappa shape index (κ3) is 4.14. The summed E-state index contributed by atoms with van der Waals surface area (Å²) in [5.74, 6) is 1.48. The fourth-order valence-corrected chi connectivity index (χ4v) is 2.71. The number of benzene rings is 1. The van der Waals surface area contributed by atoms with E-state index in [0.717, 1.165) is 30.9 Å². The van der Waals surface area contributed by atoms with Gasteiger partial charge in [0.2, 0.25) is 0 Å². The van der Waals surface area contributed by atoms with Crippen molar-refractivity contribution in [1.29, 1.82) is 0 Å². The molecule has 1 aliphatic rings. The molecule has 112 valence electrons. The van der Waals surface area contributed by atoms with E-state index >= 15 is 0 Å². The highest BCUT2D eigenvalue weighted by molar-refractivity contribution is 5.57. The normalized spacial score (nSPS) is 22.8. The third-order valence-corrected chi connectivity index (χ3v) is 3.81. The first-order valence-electron chi connectivity index (χ1n) is 7.72. The van der Waals surface area contributed by atoms with Crippen molar-refractivity contribution in [1.82, 2.24) is 0 Å². The predicted molar refractivity (Wildman–Crippen MR) is 83.5 cm³/mol. The van der Waals surface area contributed by atoms with Crippen molar-refractivity contribution in [3.8, 4) is 5.75 Å². The molecular formula is C17H27NO2. The second-order valence-electron chi connectivity index (χ2n) is 6.01. The van der Waals surface area contributed by atoms with Crippen molar-refractivity contribution in [2.75, 3.05) is 19.0 Å². The van der Waals surface area contributed by atoms with Gasteiger partial charge < -0.3 is 14.8 Å². The van der Waals surface area contributed by atoms with Crippen LogP contribution < -0.4 is 10.1 Å². The molecule has 20 heavy (non-hydrogen) atoms. The number of methoxy groups -OCH3 is 1. The van der Waals surface area contributed by atoms with E-state index in [4.69, 9.17) is 9.47 Å². The minimum atomic E-state index is 0.307. The van der Waals surface area contributed by atoms with Crippen LogP contribution in [0.1, 0.15) is 39.5 Å². The van der Waals surface area contributed by atoms with Crippen molar-refractivity contribution in [3.63, 3.8) is 0 Å². The lowest BCUT2D eigenvalue weighted by molar-refractivity contribution is 0.0605. The highest BCUT2D eigenvalue weighted by Gasteiger charge is 2.25. The van der Waals surface area contributed by atoms with Gasteiger partial charge in [-0.15, -0.1) is 0 Å². The first-order chi connectivity index (χ1) is 9.70. The average molecular weight is 277 g/mol. The summed E-state index contributed by atoms with van der Waals surface area (Å²) in [5, 5.41) is 3.62. The second-order valence-corrected chi connectivity index (χ2v) is 6.01. The SMILES string of the molecule is COC1CCCCC1Nc1ccccc1OCC(C)C. The minimum absolute atomic E-state index is 0.307. The van der Waals surface area contributed by atoms with Crippen LogP contribution in [0.15, 0.2) is 24.3 Å². The van der Waals surface area contributed by atoms with Gasteiger partial charge in [-0.2, -0.15) is 0 Å². The van der Waals surface area contributed by atoms with Crippen LogP contribution in [-0.4, -0.2) is 25.9 Å². The van der Waals surface area contributed by atoms with Crippen molar-refractivity contribution in [2.45, 2.75) is 51.7 Å². The van der Waals surface area contributed by atoms with Gasteiger partial charge in [-0.3, -0.25) is 0 Å². The topological polar surface area (TPSA) is 30.5 Å². The number of nitrogens with one attached hydrogen (secondary N) is 1. The van der Waals surface area contributed by atoms with Gasteiger partial charge >= 0.3 is 0 Å². The Morgan fingerprint density at radius 3 is 2.70 bits per heavy atom. The maximum atomic E-state index is 5.91. The number of para-hydroxylation sites is 2. The third-order valence-electron chi connectivity index (χ3n) is 3.81. The lowest BCUT2D eigenvalue weighted by Crippen LogP contribution is -2.37. The smallest absolute Gasteiger partial charge is 0.142 e. The minimum Gasteiger partial charge on any atom is -0.491 e. The van der Waals surface area contributed by atoms with Crippen molar-refractivity contribution in [3.05, 3.63) is 24.3 Å². The van der Waals surface area contributed by atoms with Gasteiger partial charge in [-0.1, -0.05) is 38.8 Å². The quantitative estimate of drug-likeness (QED) is 0.849. The Bertz CT molecular complexity index is 406. The summed E-state index contributed by atoms with van der Waals surface area (Å²) in [4.78, 5) is 0. The molecule has 3 heteroatoms. The number of hydrogen-bond acceptors (Lipinski definition) is 3. The predicted octanol–water partition coefficient (Wildman–Crippen LogP) is 4.09. The van der Waals surface area contributed by atoms with E-state index in [0.29, 0.717) is 18.1 Å². The fraction of sp³-hybridized carbons (Fsp3) is 0.647. The van der Waals surface area contributed by atoms with E-state index in [1.165, 1.54) is 12.8 Å². The van der Waals surface area contributed by atoms with Crippen LogP contribution in [0.25, 0.3) is 0 Å². The van der Waals surface area contributed by atoms with Crippen molar-refractivity contribution >= 4 is 5.69 Å². The zero-order valence-corrected chi connectivity index (χ0v) is 12.9. The second kappa shape index (κ2) is 7.53. The highest BCUT2D eigenvalue weighted by Crippen LogP contribution is 2.29. The Hall–Kier alpha value is -1.22. The largest absolute Gasteiger partial charge is 0.491 e. The fourth-order valence-electron chi connectivity index (χ4n) is 2.71. The molecule has 0 aromatic heterocycles. The molecule has 0 bridgehead atoms. The van der Waals surface area contributed by atoms with Crippen molar-refractivity contribution < 1.29 is 9.47 Å². The van der Waals surface area contributed by atoms with E-state index in [1.54, 1.807) is 0 Å². The maximum absolute atomic E-state index is 5.91. The zero-order valence-electron chi connectivity index (χ0n) is 12.9. The Morgan fingerprint density at radius 2 is 1.95 bits per heavy atom. The summed E-state index contributed by atoms with van der Waals surface area (Å²) in [6.45, 7) is 5.08. The molecule has 0 spiro atoms. The van der Waals surface area contributed by atoms with Crippen LogP contribution in [0, 0.1) is 5.92 Å². The molecule has 2 rings (SSSR count).